The fourth-order valence-electron chi connectivity index (χ4n) is 2.47. The molecule has 1 aromatic heterocycles. The lowest BCUT2D eigenvalue weighted by atomic mass is 10.0. The van der Waals surface area contributed by atoms with E-state index in [0.29, 0.717) is 22.4 Å². The molecule has 25 heavy (non-hydrogen) atoms. The topological polar surface area (TPSA) is 118 Å². The second-order valence-electron chi connectivity index (χ2n) is 5.11. The molecule has 0 radical (unpaired) electrons. The summed E-state index contributed by atoms with van der Waals surface area (Å²) in [6.07, 6.45) is -1.26. The van der Waals surface area contributed by atoms with Crippen LogP contribution in [0.1, 0.15) is 10.4 Å². The second kappa shape index (κ2) is 6.16. The molecule has 3 rings (SSSR count). The summed E-state index contributed by atoms with van der Waals surface area (Å²) in [4.78, 5) is 23.3. The van der Waals surface area contributed by atoms with Crippen molar-refractivity contribution in [2.45, 2.75) is 0 Å². The number of esters is 1. The van der Waals surface area contributed by atoms with Gasteiger partial charge < -0.3 is 25.4 Å². The molecule has 7 nitrogen and oxygen atoms in total. The third-order valence-corrected chi connectivity index (χ3v) is 3.54. The van der Waals surface area contributed by atoms with E-state index in [0.717, 1.165) is 0 Å². The van der Waals surface area contributed by atoms with Crippen molar-refractivity contribution in [1.82, 2.24) is 0 Å². The van der Waals surface area contributed by atoms with E-state index in [-0.39, 0.29) is 16.9 Å². The predicted molar refractivity (Wildman–Crippen MR) is 87.6 cm³/mol. The first-order chi connectivity index (χ1) is 11.9. The Hall–Kier alpha value is -3.55. The van der Waals surface area contributed by atoms with Crippen LogP contribution in [0.5, 0.6) is 5.75 Å². The zero-order valence-electron chi connectivity index (χ0n) is 13.0. The Kier molecular flexibility index (Phi) is 4.02. The minimum Gasteiger partial charge on any atom is -0.495 e. The molecule has 0 aliphatic rings. The minimum absolute atomic E-state index is 0.0429. The number of anilines is 1. The van der Waals surface area contributed by atoms with Crippen LogP contribution in [0, 0.1) is 5.82 Å². The maximum absolute atomic E-state index is 13.2. The normalized spacial score (nSPS) is 10.6. The number of amides is 1. The summed E-state index contributed by atoms with van der Waals surface area (Å²) in [5, 5.41) is 0.316. The van der Waals surface area contributed by atoms with Crippen molar-refractivity contribution in [2.24, 2.45) is 5.73 Å². The van der Waals surface area contributed by atoms with Gasteiger partial charge >= 0.3 is 12.1 Å². The van der Waals surface area contributed by atoms with Gasteiger partial charge in [0.2, 0.25) is 0 Å². The summed E-state index contributed by atoms with van der Waals surface area (Å²) in [6.45, 7) is 0. The number of benzene rings is 2. The van der Waals surface area contributed by atoms with Crippen LogP contribution in [0.4, 0.5) is 14.9 Å². The van der Waals surface area contributed by atoms with Crippen molar-refractivity contribution in [3.8, 4) is 17.1 Å². The van der Waals surface area contributed by atoms with Gasteiger partial charge in [0.1, 0.15) is 28.5 Å². The number of hydrogen-bond acceptors (Lipinski definition) is 6. The van der Waals surface area contributed by atoms with Crippen LogP contribution in [0.2, 0.25) is 0 Å². The average Bonchev–Trinajstić information content (AvgIpc) is 2.92. The summed E-state index contributed by atoms with van der Waals surface area (Å²) >= 11 is 0. The number of ether oxygens (including phenoxy) is 2. The molecule has 128 valence electrons. The highest BCUT2D eigenvalue weighted by atomic mass is 19.1. The molecule has 2 aromatic carbocycles. The van der Waals surface area contributed by atoms with Crippen molar-refractivity contribution in [3.63, 3.8) is 0 Å². The van der Waals surface area contributed by atoms with Crippen molar-refractivity contribution in [1.29, 1.82) is 0 Å². The van der Waals surface area contributed by atoms with Gasteiger partial charge in [-0.05, 0) is 30.3 Å². The maximum atomic E-state index is 13.2. The number of hydrogen-bond donors (Lipinski definition) is 2. The number of nitrogens with two attached hydrogens (primary N) is 2. The van der Waals surface area contributed by atoms with Crippen LogP contribution < -0.4 is 16.2 Å². The number of rotatable bonds is 3. The smallest absolute Gasteiger partial charge is 0.412 e. The summed E-state index contributed by atoms with van der Waals surface area (Å²) < 4.78 is 28.5. The monoisotopic (exact) mass is 344 g/mol. The maximum Gasteiger partial charge on any atom is 0.412 e. The Morgan fingerprint density at radius 3 is 2.44 bits per heavy atom. The molecule has 0 saturated heterocycles. The van der Waals surface area contributed by atoms with Crippen molar-refractivity contribution in [3.05, 3.63) is 47.8 Å². The fraction of sp³-hybridized carbons (Fsp3) is 0.0588. The SMILES string of the molecule is COc1cc2c(C(=O)OC(N)=O)c(-c3ccc(F)cc3)oc2cc1N. The van der Waals surface area contributed by atoms with Gasteiger partial charge in [-0.3, -0.25) is 0 Å². The third kappa shape index (κ3) is 2.97. The molecular formula is C17H13FN2O5. The Morgan fingerprint density at radius 2 is 1.84 bits per heavy atom. The van der Waals surface area contributed by atoms with Crippen LogP contribution in [0.15, 0.2) is 40.8 Å². The van der Waals surface area contributed by atoms with Crippen molar-refractivity contribution < 1.29 is 27.9 Å². The number of carbonyl (C=O) groups excluding carboxylic acids is 2. The highest BCUT2D eigenvalue weighted by Crippen LogP contribution is 2.38. The lowest BCUT2D eigenvalue weighted by Gasteiger charge is -2.04. The second-order valence-corrected chi connectivity index (χ2v) is 5.11. The molecule has 0 saturated carbocycles. The molecule has 0 bridgehead atoms. The van der Waals surface area contributed by atoms with Crippen molar-refractivity contribution in [2.75, 3.05) is 12.8 Å². The molecule has 0 atom stereocenters. The molecular weight excluding hydrogens is 331 g/mol. The first-order valence-corrected chi connectivity index (χ1v) is 7.08. The standard InChI is InChI=1S/C17H13FN2O5/c1-23-13-6-10-12(7-11(13)19)24-15(8-2-4-9(18)5-3-8)14(10)16(21)25-17(20)22/h2-7H,19H2,1H3,(H2,20,22). The van der Waals surface area contributed by atoms with Crippen LogP contribution in [0.3, 0.4) is 0 Å². The Bertz CT molecular complexity index is 979. The Morgan fingerprint density at radius 1 is 1.16 bits per heavy atom. The molecule has 0 aliphatic heterocycles. The van der Waals surface area contributed by atoms with Gasteiger partial charge in [0.15, 0.2) is 0 Å². The van der Waals surface area contributed by atoms with Gasteiger partial charge in [-0.1, -0.05) is 0 Å². The first kappa shape index (κ1) is 16.3. The third-order valence-electron chi connectivity index (χ3n) is 3.54. The number of methoxy groups -OCH3 is 1. The number of nitrogen functional groups attached to an aromatic ring is 1. The lowest BCUT2D eigenvalue weighted by molar-refractivity contribution is 0.0640. The zero-order valence-corrected chi connectivity index (χ0v) is 13.0. The van der Waals surface area contributed by atoms with E-state index in [2.05, 4.69) is 4.74 Å². The molecule has 0 aliphatic carbocycles. The van der Waals surface area contributed by atoms with Gasteiger partial charge in [0, 0.05) is 17.0 Å². The van der Waals surface area contributed by atoms with Gasteiger partial charge in [0.25, 0.3) is 0 Å². The van der Waals surface area contributed by atoms with Gasteiger partial charge in [-0.25, -0.2) is 14.0 Å². The average molecular weight is 344 g/mol. The van der Waals surface area contributed by atoms with E-state index < -0.39 is 17.9 Å². The highest BCUT2D eigenvalue weighted by Gasteiger charge is 2.26. The summed E-state index contributed by atoms with van der Waals surface area (Å²) in [5.41, 5.74) is 11.7. The van der Waals surface area contributed by atoms with E-state index in [1.165, 1.54) is 43.5 Å². The fourth-order valence-corrected chi connectivity index (χ4v) is 2.47. The van der Waals surface area contributed by atoms with E-state index in [1.807, 2.05) is 0 Å². The minimum atomic E-state index is -1.26. The molecule has 3 aromatic rings. The Balaban J connectivity index is 2.29. The first-order valence-electron chi connectivity index (χ1n) is 7.08. The van der Waals surface area contributed by atoms with Crippen LogP contribution >= 0.6 is 0 Å². The van der Waals surface area contributed by atoms with Gasteiger partial charge in [-0.2, -0.15) is 0 Å². The lowest BCUT2D eigenvalue weighted by Crippen LogP contribution is -2.18. The largest absolute Gasteiger partial charge is 0.495 e. The molecule has 1 amide bonds. The van der Waals surface area contributed by atoms with Crippen LogP contribution in [0.25, 0.3) is 22.3 Å². The molecule has 8 heteroatoms. The molecule has 0 spiro atoms. The van der Waals surface area contributed by atoms with Crippen molar-refractivity contribution >= 4 is 28.7 Å². The molecule has 0 fully saturated rings. The number of furan rings is 1. The van der Waals surface area contributed by atoms with Crippen LogP contribution in [-0.2, 0) is 4.74 Å². The van der Waals surface area contributed by atoms with E-state index in [4.69, 9.17) is 20.6 Å². The van der Waals surface area contributed by atoms with E-state index >= 15 is 0 Å². The van der Waals surface area contributed by atoms with Gasteiger partial charge in [-0.15, -0.1) is 0 Å². The number of fused-ring (bicyclic) bond motifs is 1. The van der Waals surface area contributed by atoms with E-state index in [9.17, 15) is 14.0 Å². The Labute approximate surface area is 140 Å². The highest BCUT2D eigenvalue weighted by molar-refractivity contribution is 6.11. The van der Waals surface area contributed by atoms with E-state index in [1.54, 1.807) is 0 Å². The summed E-state index contributed by atoms with van der Waals surface area (Å²) in [5.74, 6) is -1.05. The number of primary amides is 1. The number of halogens is 1. The molecule has 0 unspecified atom stereocenters. The number of carbonyl (C=O) groups is 2. The quantitative estimate of drug-likeness (QED) is 0.428. The summed E-state index contributed by atoms with van der Waals surface area (Å²) in [7, 11) is 1.42. The zero-order chi connectivity index (χ0) is 18.1. The predicted octanol–water partition coefficient (Wildman–Crippen LogP) is 3.07. The molecule has 1 heterocycles. The van der Waals surface area contributed by atoms with Gasteiger partial charge in [0.05, 0.1) is 12.8 Å². The van der Waals surface area contributed by atoms with Crippen LogP contribution in [-0.4, -0.2) is 19.2 Å². The molecule has 4 N–H and O–H groups in total. The summed E-state index contributed by atoms with van der Waals surface area (Å²) in [6, 6.07) is 8.23.